The van der Waals surface area contributed by atoms with E-state index >= 15 is 0 Å². The molecule has 0 bridgehead atoms. The first kappa shape index (κ1) is 13.5. The number of rotatable bonds is 2. The van der Waals surface area contributed by atoms with E-state index in [4.69, 9.17) is 23.8 Å². The molecule has 102 valence electrons. The number of hydrogen-bond acceptors (Lipinski definition) is 3. The van der Waals surface area contributed by atoms with Crippen molar-refractivity contribution in [1.82, 2.24) is 9.55 Å². The van der Waals surface area contributed by atoms with Gasteiger partial charge in [0.25, 0.3) is 5.56 Å². The molecule has 0 aliphatic heterocycles. The van der Waals surface area contributed by atoms with Crippen LogP contribution in [-0.2, 0) is 6.54 Å². The van der Waals surface area contributed by atoms with Crippen LogP contribution < -0.4 is 5.56 Å². The summed E-state index contributed by atoms with van der Waals surface area (Å²) < 4.78 is 14.9. The highest BCUT2D eigenvalue weighted by molar-refractivity contribution is 7.71. The Bertz CT molecular complexity index is 913. The van der Waals surface area contributed by atoms with E-state index in [0.717, 1.165) is 4.83 Å². The van der Waals surface area contributed by atoms with Crippen molar-refractivity contribution in [3.63, 3.8) is 0 Å². The van der Waals surface area contributed by atoms with Gasteiger partial charge in [-0.25, -0.2) is 4.39 Å². The van der Waals surface area contributed by atoms with E-state index in [1.165, 1.54) is 28.0 Å². The molecule has 0 unspecified atom stereocenters. The smallest absolute Gasteiger partial charge is 0.263 e. The van der Waals surface area contributed by atoms with Crippen LogP contribution in [0.25, 0.3) is 10.2 Å². The maximum atomic E-state index is 13.1. The second kappa shape index (κ2) is 5.12. The minimum Gasteiger partial charge on any atom is -0.323 e. The third-order valence-corrected chi connectivity index (χ3v) is 4.37. The van der Waals surface area contributed by atoms with Crippen LogP contribution in [-0.4, -0.2) is 9.55 Å². The average molecular weight is 327 g/mol. The lowest BCUT2D eigenvalue weighted by Crippen LogP contribution is -2.22. The molecule has 20 heavy (non-hydrogen) atoms. The predicted molar refractivity (Wildman–Crippen MR) is 81.8 cm³/mol. The van der Waals surface area contributed by atoms with Crippen LogP contribution in [0.1, 0.15) is 5.56 Å². The summed E-state index contributed by atoms with van der Waals surface area (Å²) in [5.41, 5.74) is 0.554. The molecular formula is C13H8ClFN2OS2. The molecule has 0 aliphatic rings. The van der Waals surface area contributed by atoms with Gasteiger partial charge in [0.2, 0.25) is 0 Å². The Morgan fingerprint density at radius 3 is 2.95 bits per heavy atom. The molecule has 3 aromatic rings. The summed E-state index contributed by atoms with van der Waals surface area (Å²) in [6.07, 6.45) is 0. The van der Waals surface area contributed by atoms with Gasteiger partial charge in [-0.05, 0) is 41.4 Å². The number of halogens is 2. The third kappa shape index (κ3) is 2.30. The first-order chi connectivity index (χ1) is 9.56. The first-order valence-electron chi connectivity index (χ1n) is 5.70. The van der Waals surface area contributed by atoms with Crippen molar-refractivity contribution in [1.29, 1.82) is 0 Å². The fraction of sp³-hybridized carbons (Fsp3) is 0.0769. The number of hydrogen-bond donors (Lipinski definition) is 1. The van der Waals surface area contributed by atoms with E-state index in [9.17, 15) is 9.18 Å². The molecule has 0 amide bonds. The molecule has 0 atom stereocenters. The van der Waals surface area contributed by atoms with Crippen LogP contribution in [0.4, 0.5) is 4.39 Å². The van der Waals surface area contributed by atoms with Crippen LogP contribution in [0, 0.1) is 10.6 Å². The largest absolute Gasteiger partial charge is 0.323 e. The monoisotopic (exact) mass is 326 g/mol. The van der Waals surface area contributed by atoms with Gasteiger partial charge in [0.1, 0.15) is 10.6 Å². The number of H-pyrrole nitrogens is 1. The van der Waals surface area contributed by atoms with Gasteiger partial charge in [-0.15, -0.1) is 11.3 Å². The minimum absolute atomic E-state index is 0.0297. The normalized spacial score (nSPS) is 11.1. The van der Waals surface area contributed by atoms with E-state index in [0.29, 0.717) is 15.7 Å². The molecule has 2 heterocycles. The average Bonchev–Trinajstić information content (AvgIpc) is 2.87. The Balaban J connectivity index is 2.12. The van der Waals surface area contributed by atoms with E-state index in [1.807, 2.05) is 5.38 Å². The summed E-state index contributed by atoms with van der Waals surface area (Å²) in [4.78, 5) is 16.1. The molecule has 2 aromatic heterocycles. The Kier molecular flexibility index (Phi) is 3.45. The SMILES string of the molecule is O=c1c2ccsc2[nH]c(=S)n1Cc1ccc(F)c(Cl)c1. The molecule has 3 rings (SSSR count). The fourth-order valence-corrected chi connectivity index (χ4v) is 3.24. The van der Waals surface area contributed by atoms with Crippen molar-refractivity contribution < 1.29 is 4.39 Å². The summed E-state index contributed by atoms with van der Waals surface area (Å²) in [6, 6.07) is 6.11. The maximum absolute atomic E-state index is 13.1. The molecule has 3 nitrogen and oxygen atoms in total. The molecule has 0 saturated carbocycles. The summed E-state index contributed by atoms with van der Waals surface area (Å²) in [5.74, 6) is -0.485. The van der Waals surface area contributed by atoms with Crippen molar-refractivity contribution >= 4 is 45.4 Å². The Morgan fingerprint density at radius 2 is 2.20 bits per heavy atom. The van der Waals surface area contributed by atoms with E-state index < -0.39 is 5.82 Å². The van der Waals surface area contributed by atoms with Crippen molar-refractivity contribution in [3.8, 4) is 0 Å². The van der Waals surface area contributed by atoms with E-state index in [1.54, 1.807) is 12.1 Å². The number of fused-ring (bicyclic) bond motifs is 1. The highest BCUT2D eigenvalue weighted by Gasteiger charge is 2.08. The van der Waals surface area contributed by atoms with Gasteiger partial charge in [-0.1, -0.05) is 17.7 Å². The first-order valence-corrected chi connectivity index (χ1v) is 7.37. The Labute approximate surface area is 127 Å². The number of aromatic nitrogens is 2. The van der Waals surface area contributed by atoms with Gasteiger partial charge < -0.3 is 4.98 Å². The van der Waals surface area contributed by atoms with Gasteiger partial charge in [0, 0.05) is 0 Å². The molecule has 0 fully saturated rings. The van der Waals surface area contributed by atoms with Crippen molar-refractivity contribution in [2.45, 2.75) is 6.54 Å². The van der Waals surface area contributed by atoms with Gasteiger partial charge >= 0.3 is 0 Å². The molecule has 0 spiro atoms. The molecule has 1 aromatic carbocycles. The van der Waals surface area contributed by atoms with E-state index in [-0.39, 0.29) is 17.1 Å². The maximum Gasteiger partial charge on any atom is 0.263 e. The summed E-state index contributed by atoms with van der Waals surface area (Å²) in [5, 5.41) is 2.45. The zero-order valence-electron chi connectivity index (χ0n) is 10.0. The minimum atomic E-state index is -0.485. The van der Waals surface area contributed by atoms with Crippen molar-refractivity contribution in [3.05, 3.63) is 61.2 Å². The quantitative estimate of drug-likeness (QED) is 0.724. The van der Waals surface area contributed by atoms with Crippen LogP contribution in [0.5, 0.6) is 0 Å². The number of aromatic amines is 1. The molecule has 0 radical (unpaired) electrons. The second-order valence-electron chi connectivity index (χ2n) is 4.23. The molecule has 0 saturated heterocycles. The molecular weight excluding hydrogens is 319 g/mol. The zero-order chi connectivity index (χ0) is 14.3. The summed E-state index contributed by atoms with van der Waals surface area (Å²) >= 11 is 12.4. The Hall–Kier alpha value is -1.50. The second-order valence-corrected chi connectivity index (χ2v) is 5.94. The molecule has 7 heteroatoms. The number of thiophene rings is 1. The van der Waals surface area contributed by atoms with Crippen molar-refractivity contribution in [2.24, 2.45) is 0 Å². The summed E-state index contributed by atoms with van der Waals surface area (Å²) in [7, 11) is 0. The van der Waals surface area contributed by atoms with Crippen LogP contribution in [0.15, 0.2) is 34.4 Å². The van der Waals surface area contributed by atoms with Gasteiger partial charge in [0.05, 0.1) is 17.0 Å². The van der Waals surface area contributed by atoms with E-state index in [2.05, 4.69) is 4.98 Å². The Morgan fingerprint density at radius 1 is 1.40 bits per heavy atom. The zero-order valence-corrected chi connectivity index (χ0v) is 12.4. The van der Waals surface area contributed by atoms with Crippen LogP contribution in [0.2, 0.25) is 5.02 Å². The van der Waals surface area contributed by atoms with Crippen molar-refractivity contribution in [2.75, 3.05) is 0 Å². The lowest BCUT2D eigenvalue weighted by Gasteiger charge is -2.07. The molecule has 0 aliphatic carbocycles. The highest BCUT2D eigenvalue weighted by atomic mass is 35.5. The summed E-state index contributed by atoms with van der Waals surface area (Å²) in [6.45, 7) is 0.250. The lowest BCUT2D eigenvalue weighted by atomic mass is 10.2. The fourth-order valence-electron chi connectivity index (χ4n) is 1.94. The van der Waals surface area contributed by atoms with Crippen LogP contribution in [0.3, 0.4) is 0 Å². The van der Waals surface area contributed by atoms with Gasteiger partial charge in [0.15, 0.2) is 4.77 Å². The number of nitrogens with zero attached hydrogens (tertiary/aromatic N) is 1. The lowest BCUT2D eigenvalue weighted by molar-refractivity contribution is 0.626. The predicted octanol–water partition coefficient (Wildman–Crippen LogP) is 3.96. The highest BCUT2D eigenvalue weighted by Crippen LogP contribution is 2.18. The third-order valence-electron chi connectivity index (χ3n) is 2.93. The van der Waals surface area contributed by atoms with Gasteiger partial charge in [-0.2, -0.15) is 0 Å². The number of nitrogens with one attached hydrogen (secondary N) is 1. The standard InChI is InChI=1S/C13H8ClFN2OS2/c14-9-5-7(1-2-10(9)15)6-17-12(18)8-3-4-20-11(8)16-13(17)19/h1-5H,6H2,(H,16,19). The number of benzene rings is 1. The topological polar surface area (TPSA) is 37.8 Å². The van der Waals surface area contributed by atoms with Crippen LogP contribution >= 0.6 is 35.2 Å². The molecule has 1 N–H and O–H groups in total. The van der Waals surface area contributed by atoms with Gasteiger partial charge in [-0.3, -0.25) is 9.36 Å².